The molecule has 0 amide bonds. The molecule has 47 heavy (non-hydrogen) atoms. The lowest BCUT2D eigenvalue weighted by Gasteiger charge is -2.60. The molecule has 0 bridgehead atoms. The van der Waals surface area contributed by atoms with Crippen LogP contribution in [0.3, 0.4) is 0 Å². The number of hydrogen-bond donors (Lipinski definition) is 7. The summed E-state index contributed by atoms with van der Waals surface area (Å²) >= 11 is 0. The Morgan fingerprint density at radius 3 is 2.62 bits per heavy atom. The number of nitrogens with two attached hydrogens (primary N) is 1. The summed E-state index contributed by atoms with van der Waals surface area (Å²) in [6.07, 6.45) is 3.34. The first kappa shape index (κ1) is 36.8. The summed E-state index contributed by atoms with van der Waals surface area (Å²) in [5, 5.41) is 50.1. The zero-order chi connectivity index (χ0) is 33.9. The number of allylic oxidation sites excluding steroid dienone is 1. The maximum absolute atomic E-state index is 13.7. The van der Waals surface area contributed by atoms with Crippen molar-refractivity contribution in [2.45, 2.75) is 126 Å². The maximum atomic E-state index is 13.7. The molecule has 12 nitrogen and oxygen atoms in total. The molecule has 0 aromatic heterocycles. The Labute approximate surface area is 279 Å². The van der Waals surface area contributed by atoms with Crippen LogP contribution in [-0.4, -0.2) is 114 Å². The van der Waals surface area contributed by atoms with Crippen molar-refractivity contribution >= 4 is 11.8 Å². The molecule has 3 heterocycles. The Balaban J connectivity index is 1.52. The Hall–Kier alpha value is -1.48. The molecule has 0 aromatic rings. The lowest BCUT2D eigenvalue weighted by atomic mass is 9.57. The Morgan fingerprint density at radius 2 is 1.98 bits per heavy atom. The van der Waals surface area contributed by atoms with Crippen molar-refractivity contribution < 1.29 is 44.2 Å². The molecule has 11 unspecified atom stereocenters. The summed E-state index contributed by atoms with van der Waals surface area (Å²) in [5.74, 6) is -2.49. The van der Waals surface area contributed by atoms with Crippen LogP contribution in [0.1, 0.15) is 78.1 Å². The van der Waals surface area contributed by atoms with Crippen LogP contribution in [0.5, 0.6) is 0 Å². The largest absolute Gasteiger partial charge is 0.456 e. The molecular weight excluding hydrogens is 606 g/mol. The first-order valence-corrected chi connectivity index (χ1v) is 18.0. The molecule has 0 radical (unpaired) electrons. The molecule has 268 valence electrons. The fourth-order valence-corrected chi connectivity index (χ4v) is 9.41. The van der Waals surface area contributed by atoms with Gasteiger partial charge in [-0.15, -0.1) is 0 Å². The Morgan fingerprint density at radius 1 is 1.19 bits per heavy atom. The number of hydrogen-bond acceptors (Lipinski definition) is 12. The molecule has 8 N–H and O–H groups in total. The van der Waals surface area contributed by atoms with Gasteiger partial charge in [0.05, 0.1) is 49.2 Å². The monoisotopic (exact) mass is 665 g/mol. The highest BCUT2D eigenvalue weighted by Gasteiger charge is 2.64. The number of esters is 1. The van der Waals surface area contributed by atoms with Crippen molar-refractivity contribution in [2.75, 3.05) is 33.4 Å². The van der Waals surface area contributed by atoms with Crippen LogP contribution in [0.25, 0.3) is 0 Å². The van der Waals surface area contributed by atoms with E-state index in [0.29, 0.717) is 44.3 Å². The van der Waals surface area contributed by atoms with Gasteiger partial charge >= 0.3 is 5.97 Å². The van der Waals surface area contributed by atoms with Crippen LogP contribution in [-0.2, 0) is 23.8 Å². The summed E-state index contributed by atoms with van der Waals surface area (Å²) in [7, 11) is 1.82. The normalized spacial score (nSPS) is 43.5. The van der Waals surface area contributed by atoms with Crippen molar-refractivity contribution in [3.63, 3.8) is 0 Å². The molecule has 2 aliphatic carbocycles. The third-order valence-corrected chi connectivity index (χ3v) is 12.1. The molecule has 0 spiro atoms. The van der Waals surface area contributed by atoms with E-state index < -0.39 is 65.9 Å². The van der Waals surface area contributed by atoms with Gasteiger partial charge in [-0.1, -0.05) is 12.5 Å². The van der Waals surface area contributed by atoms with Crippen LogP contribution in [0, 0.1) is 35.5 Å². The van der Waals surface area contributed by atoms with E-state index in [1.54, 1.807) is 13.0 Å². The van der Waals surface area contributed by atoms with Crippen LogP contribution >= 0.6 is 0 Å². The van der Waals surface area contributed by atoms with Gasteiger partial charge in [0.2, 0.25) is 0 Å². The number of ether oxygens (including phenoxy) is 3. The topological polar surface area (TPSA) is 193 Å². The average molecular weight is 666 g/mol. The number of carbonyl (C=O) groups is 2. The summed E-state index contributed by atoms with van der Waals surface area (Å²) in [4.78, 5) is 27.3. The zero-order valence-electron chi connectivity index (χ0n) is 28.4. The number of carbonyl (C=O) groups excluding carboxylic acids is 2. The minimum absolute atomic E-state index is 0.0187. The quantitative estimate of drug-likeness (QED) is 0.121. The van der Waals surface area contributed by atoms with Crippen LogP contribution in [0.4, 0.5) is 0 Å². The van der Waals surface area contributed by atoms with Gasteiger partial charge in [0, 0.05) is 36.4 Å². The van der Waals surface area contributed by atoms with Crippen LogP contribution in [0.15, 0.2) is 11.6 Å². The van der Waals surface area contributed by atoms with Gasteiger partial charge < -0.3 is 51.0 Å². The molecule has 5 fully saturated rings. The van der Waals surface area contributed by atoms with E-state index in [1.165, 1.54) is 0 Å². The smallest absolute Gasteiger partial charge is 0.334 e. The Bertz CT molecular complexity index is 1100. The number of aliphatic hydroxyl groups excluding tert-OH is 4. The van der Waals surface area contributed by atoms with Crippen LogP contribution in [0.2, 0.25) is 0 Å². The molecule has 5 rings (SSSR count). The average Bonchev–Trinajstić information content (AvgIpc) is 3.05. The molecule has 0 aromatic carbocycles. The molecule has 14 atom stereocenters. The van der Waals surface area contributed by atoms with Crippen molar-refractivity contribution in [2.24, 2.45) is 41.2 Å². The van der Waals surface area contributed by atoms with E-state index in [2.05, 4.69) is 10.6 Å². The second-order valence-electron chi connectivity index (χ2n) is 15.1. The fourth-order valence-electron chi connectivity index (χ4n) is 9.41. The summed E-state index contributed by atoms with van der Waals surface area (Å²) in [6, 6.07) is 0. The molecular formula is C35H59N3O9. The third kappa shape index (κ3) is 7.81. The van der Waals surface area contributed by atoms with Crippen molar-refractivity contribution in [1.82, 2.24) is 10.6 Å². The zero-order valence-corrected chi connectivity index (χ0v) is 28.4. The van der Waals surface area contributed by atoms with Gasteiger partial charge in [-0.05, 0) is 97.2 Å². The number of rotatable bonds is 11. The standard InChI is InChI=1S/C35H59N3O9/c1-4-20(10-11-37-3)34(44)46-27-15-25-31(43)30-26(42)14-24(18-40)45-33(30)29(21-6-5-7-23(41)13-21)32(25)47-35(27,2)22(17-39)12-19-8-9-28(36)38-16-19/h4,19,21-25,27-33,37-41,43H,5-18,36H2,1-3H3/t19?,21?,22-,23?,24?,25?,27-,28?,29?,30?,31?,32?,33?,35-/m0/s1. The maximum Gasteiger partial charge on any atom is 0.334 e. The van der Waals surface area contributed by atoms with Gasteiger partial charge in [-0.25, -0.2) is 4.79 Å². The highest BCUT2D eigenvalue weighted by Crippen LogP contribution is 2.54. The summed E-state index contributed by atoms with van der Waals surface area (Å²) in [5.41, 5.74) is 5.50. The van der Waals surface area contributed by atoms with E-state index >= 15 is 0 Å². The highest BCUT2D eigenvalue weighted by molar-refractivity contribution is 5.88. The number of nitrogens with one attached hydrogen (secondary N) is 2. The first-order chi connectivity index (χ1) is 22.5. The van der Waals surface area contributed by atoms with Gasteiger partial charge in [-0.2, -0.15) is 0 Å². The molecule has 3 aliphatic heterocycles. The van der Waals surface area contributed by atoms with Gasteiger partial charge in [-0.3, -0.25) is 4.79 Å². The van der Waals surface area contributed by atoms with E-state index in [1.807, 2.05) is 14.0 Å². The van der Waals surface area contributed by atoms with Gasteiger partial charge in [0.15, 0.2) is 0 Å². The minimum atomic E-state index is -1.12. The van der Waals surface area contributed by atoms with Gasteiger partial charge in [0.25, 0.3) is 0 Å². The second kappa shape index (κ2) is 16.0. The summed E-state index contributed by atoms with van der Waals surface area (Å²) in [6.45, 7) is 4.54. The van der Waals surface area contributed by atoms with Crippen molar-refractivity contribution in [3.05, 3.63) is 11.6 Å². The van der Waals surface area contributed by atoms with E-state index in [4.69, 9.17) is 19.9 Å². The van der Waals surface area contributed by atoms with E-state index in [9.17, 15) is 30.0 Å². The predicted molar refractivity (Wildman–Crippen MR) is 174 cm³/mol. The number of ketones is 1. The van der Waals surface area contributed by atoms with Gasteiger partial charge in [0.1, 0.15) is 17.5 Å². The molecule has 5 aliphatic rings. The molecule has 3 saturated heterocycles. The summed E-state index contributed by atoms with van der Waals surface area (Å²) < 4.78 is 20.0. The highest BCUT2D eigenvalue weighted by atomic mass is 16.6. The lowest BCUT2D eigenvalue weighted by Crippen LogP contribution is -2.70. The number of piperidine rings is 1. The number of Topliss-reactive ketones (excluding diaryl/α,β-unsaturated/α-hetero) is 1. The lowest BCUT2D eigenvalue weighted by molar-refractivity contribution is -0.303. The molecule has 12 heteroatoms. The van der Waals surface area contributed by atoms with E-state index in [0.717, 1.165) is 25.7 Å². The Kier molecular flexibility index (Phi) is 12.6. The molecule has 2 saturated carbocycles. The van der Waals surface area contributed by atoms with Crippen molar-refractivity contribution in [1.29, 1.82) is 0 Å². The first-order valence-electron chi connectivity index (χ1n) is 18.0. The van der Waals surface area contributed by atoms with E-state index in [-0.39, 0.29) is 55.8 Å². The third-order valence-electron chi connectivity index (χ3n) is 12.1. The van der Waals surface area contributed by atoms with Crippen molar-refractivity contribution in [3.8, 4) is 0 Å². The number of aliphatic hydroxyl groups is 4. The SMILES string of the molecule is CC=C(CCNC)C(=O)O[C@H]1CC2C(O)C3C(=O)CC(CO)OC3C(C3CCCC(O)C3)C2O[C@@]1(C)[C@H](CO)CC1CCC(N)NC1. The number of fused-ring (bicyclic) bond motifs is 2. The minimum Gasteiger partial charge on any atom is -0.456 e. The van der Waals surface area contributed by atoms with Crippen LogP contribution < -0.4 is 16.4 Å². The predicted octanol–water partition coefficient (Wildman–Crippen LogP) is 0.778. The second-order valence-corrected chi connectivity index (χ2v) is 15.1. The fraction of sp³-hybridized carbons (Fsp3) is 0.886.